The number of ketones is 2. The van der Waals surface area contributed by atoms with E-state index in [1.165, 1.54) is 21.6 Å². The normalized spacial score (nSPS) is 24.4. The molecular weight excluding hydrogens is 1090 g/mol. The van der Waals surface area contributed by atoms with E-state index in [1.54, 1.807) is 32.1 Å². The van der Waals surface area contributed by atoms with E-state index in [2.05, 4.69) is 97.0 Å². The van der Waals surface area contributed by atoms with E-state index >= 15 is 0 Å². The quantitative estimate of drug-likeness (QED) is 0.0116. The third-order valence-corrected chi connectivity index (χ3v) is 18.1. The third kappa shape index (κ3) is 24.1. The molecule has 0 aromatic heterocycles. The number of aliphatic hydroxyl groups is 1. The van der Waals surface area contributed by atoms with Gasteiger partial charge in [0.05, 0.1) is 19.6 Å². The molecule has 4 N–H and O–H groups in total. The van der Waals surface area contributed by atoms with Crippen LogP contribution in [0.5, 0.6) is 0 Å². The molecule has 0 heterocycles. The molecule has 3 saturated carbocycles. The fraction of sp³-hybridized carbons (Fsp3) is 0.600. The standard InChI is InChI=1S/C63H89N3O13S2.C2H6/c1-8-9-10-11-12-13-14-15-16-17-18-19-20-21-22-23-24-25-26-56(73)78-44-61(3,4)59(79-57(74)30-29-55(72)76-7)60(75)66-34-32-53(70)64-35-37-80-81-38-36-65-54(71)43-77-42-52(69)49-28-27-48-47-39-45(2)50-40-46(67)31-33-62(50,5)58(47)51(68)41-63(48,49)6;1-2/h9-10,12-13,15-16,18-19,21-22,24-25,29-31,33,40,45,47-49,51,58-59,68H,8,11,14,17,20,23,26-28,32,34-39,41-44H2,1-7H3,(H,64,70)(H,65,71)(H,66,75);1-2H3/b10-9-,13-12-,16-15-,19-18-,22-21-,25-24-,30-29+;/t45-,47-,48?,49+,51-,58+,59-,62-,63-;/m0./s1. The first-order valence-electron chi connectivity index (χ1n) is 29.6. The van der Waals surface area contributed by atoms with E-state index in [4.69, 9.17) is 14.2 Å². The third-order valence-electron chi connectivity index (χ3n) is 15.7. The first-order chi connectivity index (χ1) is 39.8. The summed E-state index contributed by atoms with van der Waals surface area (Å²) in [4.78, 5) is 101. The maximum atomic E-state index is 13.6. The lowest BCUT2D eigenvalue weighted by Gasteiger charge is -2.60. The van der Waals surface area contributed by atoms with Gasteiger partial charge in [0.25, 0.3) is 5.91 Å². The fourth-order valence-corrected chi connectivity index (χ4v) is 13.6. The molecule has 0 spiro atoms. The molecule has 3 fully saturated rings. The van der Waals surface area contributed by atoms with E-state index in [1.807, 2.05) is 38.2 Å². The van der Waals surface area contributed by atoms with Crippen LogP contribution in [-0.4, -0.2) is 123 Å². The molecule has 0 aromatic rings. The predicted molar refractivity (Wildman–Crippen MR) is 330 cm³/mol. The van der Waals surface area contributed by atoms with Crippen LogP contribution in [-0.2, 0) is 57.3 Å². The summed E-state index contributed by atoms with van der Waals surface area (Å²) in [6, 6.07) is 0. The van der Waals surface area contributed by atoms with Gasteiger partial charge in [-0.3, -0.25) is 28.8 Å². The number of carbonyl (C=O) groups is 8. The molecule has 4 aliphatic carbocycles. The van der Waals surface area contributed by atoms with Crippen molar-refractivity contribution in [3.63, 3.8) is 0 Å². The van der Waals surface area contributed by atoms with Crippen LogP contribution < -0.4 is 16.0 Å². The van der Waals surface area contributed by atoms with Gasteiger partial charge in [-0.15, -0.1) is 0 Å². The van der Waals surface area contributed by atoms with Crippen LogP contribution in [0.2, 0.25) is 0 Å². The van der Waals surface area contributed by atoms with Crippen LogP contribution in [0.3, 0.4) is 0 Å². The minimum atomic E-state index is -1.47. The van der Waals surface area contributed by atoms with E-state index in [-0.39, 0.29) is 103 Å². The zero-order valence-corrected chi connectivity index (χ0v) is 52.3. The monoisotopic (exact) mass is 1190 g/mol. The van der Waals surface area contributed by atoms with Crippen molar-refractivity contribution in [1.29, 1.82) is 0 Å². The van der Waals surface area contributed by atoms with Crippen molar-refractivity contribution in [2.24, 2.45) is 45.8 Å². The van der Waals surface area contributed by atoms with Crippen LogP contribution >= 0.6 is 21.6 Å². The number of rotatable bonds is 35. The molecule has 4 aliphatic rings. The SMILES string of the molecule is CC.CC/C=C\C/C=C\C/C=C\C/C=C\C/C=C\C/C=C\CC(=O)OCC(C)(C)[C@@H](OC(=O)/C=C/C(=O)OC)C(=O)NCCC(=O)NCCSSCCNC(=O)COCC(=O)[C@H]1CCC2[C@@H]3C[C@H](C)C4=CC(=O)C=C[C@]4(C)[C@H]3[C@@H](O)C[C@@]21C. The summed E-state index contributed by atoms with van der Waals surface area (Å²) in [6.07, 6.45) is 38.0. The molecule has 4 rings (SSSR count). The lowest BCUT2D eigenvalue weighted by atomic mass is 9.45. The number of carbonyl (C=O) groups excluding carboxylic acids is 8. The molecular formula is C65H95N3O13S2. The van der Waals surface area contributed by atoms with Crippen LogP contribution in [0.25, 0.3) is 0 Å². The topological polar surface area (TPSA) is 230 Å². The van der Waals surface area contributed by atoms with Gasteiger partial charge in [-0.25, -0.2) is 9.59 Å². The first kappa shape index (κ1) is 71.7. The highest BCUT2D eigenvalue weighted by Crippen LogP contribution is 2.67. The zero-order chi connectivity index (χ0) is 61.3. The summed E-state index contributed by atoms with van der Waals surface area (Å²) in [5.74, 6) is -2.18. The number of aliphatic hydroxyl groups excluding tert-OH is 1. The number of amides is 3. The van der Waals surface area contributed by atoms with Crippen molar-refractivity contribution >= 4 is 68.8 Å². The Bertz CT molecular complexity index is 2420. The Labute approximate surface area is 502 Å². The molecule has 0 bridgehead atoms. The van der Waals surface area contributed by atoms with E-state index in [9.17, 15) is 43.5 Å². The van der Waals surface area contributed by atoms with Gasteiger partial charge in [-0.05, 0) is 99.5 Å². The maximum absolute atomic E-state index is 13.6. The lowest BCUT2D eigenvalue weighted by molar-refractivity contribution is -0.165. The highest BCUT2D eigenvalue weighted by Gasteiger charge is 2.63. The molecule has 83 heavy (non-hydrogen) atoms. The average Bonchev–Trinajstić information content (AvgIpc) is 1.84. The summed E-state index contributed by atoms with van der Waals surface area (Å²) in [6.45, 7) is 15.7. The highest BCUT2D eigenvalue weighted by atomic mass is 33.1. The van der Waals surface area contributed by atoms with Gasteiger partial charge in [-0.1, -0.05) is 162 Å². The molecule has 3 amide bonds. The molecule has 16 nitrogen and oxygen atoms in total. The molecule has 0 aromatic carbocycles. The van der Waals surface area contributed by atoms with Crippen molar-refractivity contribution < 1.29 is 62.4 Å². The van der Waals surface area contributed by atoms with Gasteiger partial charge in [-0.2, -0.15) is 0 Å². The van der Waals surface area contributed by atoms with Crippen molar-refractivity contribution in [2.75, 3.05) is 58.1 Å². The smallest absolute Gasteiger partial charge is 0.331 e. The molecule has 0 saturated heterocycles. The number of fused-ring (bicyclic) bond motifs is 5. The van der Waals surface area contributed by atoms with E-state index < -0.39 is 41.4 Å². The Balaban J connectivity index is 0.00000893. The number of allylic oxidation sites excluding steroid dienone is 15. The number of hydrogen-bond donors (Lipinski definition) is 4. The van der Waals surface area contributed by atoms with Crippen LogP contribution in [0, 0.1) is 45.8 Å². The lowest BCUT2D eigenvalue weighted by Crippen LogP contribution is -2.57. The molecule has 0 radical (unpaired) electrons. The Hall–Kier alpha value is -5.56. The van der Waals surface area contributed by atoms with Crippen molar-refractivity contribution in [3.8, 4) is 0 Å². The molecule has 18 heteroatoms. The van der Waals surface area contributed by atoms with Crippen molar-refractivity contribution in [1.82, 2.24) is 16.0 Å². The second-order valence-electron chi connectivity index (χ2n) is 22.2. The van der Waals surface area contributed by atoms with E-state index in [0.717, 1.165) is 76.2 Å². The maximum Gasteiger partial charge on any atom is 0.331 e. The van der Waals surface area contributed by atoms with Gasteiger partial charge >= 0.3 is 17.9 Å². The average molecular weight is 1190 g/mol. The largest absolute Gasteiger partial charge is 0.466 e. The van der Waals surface area contributed by atoms with Crippen molar-refractivity contribution in [3.05, 3.63) is 109 Å². The minimum absolute atomic E-state index is 0.00108. The number of hydrogen-bond acceptors (Lipinski definition) is 15. The van der Waals surface area contributed by atoms with Crippen LogP contribution in [0.1, 0.15) is 132 Å². The highest BCUT2D eigenvalue weighted by molar-refractivity contribution is 8.76. The summed E-state index contributed by atoms with van der Waals surface area (Å²) >= 11 is 0. The van der Waals surface area contributed by atoms with Crippen molar-refractivity contribution in [2.45, 2.75) is 145 Å². The fourth-order valence-electron chi connectivity index (χ4n) is 11.8. The van der Waals surface area contributed by atoms with Crippen LogP contribution in [0.15, 0.2) is 109 Å². The predicted octanol–water partition coefficient (Wildman–Crippen LogP) is 10.2. The van der Waals surface area contributed by atoms with Gasteiger partial charge < -0.3 is 40.0 Å². The zero-order valence-electron chi connectivity index (χ0n) is 50.7. The Morgan fingerprint density at radius 3 is 1.93 bits per heavy atom. The summed E-state index contributed by atoms with van der Waals surface area (Å²) < 4.78 is 21.1. The number of methoxy groups -OCH3 is 1. The van der Waals surface area contributed by atoms with Gasteiger partial charge in [0.15, 0.2) is 17.7 Å². The first-order valence-corrected chi connectivity index (χ1v) is 32.1. The Morgan fingerprint density at radius 2 is 1.34 bits per heavy atom. The number of nitrogens with one attached hydrogen (secondary N) is 3. The summed E-state index contributed by atoms with van der Waals surface area (Å²) in [5, 5.41) is 19.9. The van der Waals surface area contributed by atoms with Gasteiger partial charge in [0.1, 0.15) is 19.8 Å². The second kappa shape index (κ2) is 38.4. The number of ether oxygens (including phenoxy) is 4. The molecule has 0 aliphatic heterocycles. The van der Waals surface area contributed by atoms with Crippen LogP contribution in [0.4, 0.5) is 0 Å². The van der Waals surface area contributed by atoms with Gasteiger partial charge in [0.2, 0.25) is 11.8 Å². The van der Waals surface area contributed by atoms with Gasteiger partial charge in [0, 0.05) is 72.4 Å². The second-order valence-corrected chi connectivity index (χ2v) is 24.9. The Kier molecular flexibility index (Phi) is 33.2. The molecule has 460 valence electrons. The summed E-state index contributed by atoms with van der Waals surface area (Å²) in [7, 11) is 4.17. The number of esters is 3. The Morgan fingerprint density at radius 1 is 0.771 bits per heavy atom. The summed E-state index contributed by atoms with van der Waals surface area (Å²) in [5.41, 5.74) is -0.879. The minimum Gasteiger partial charge on any atom is -0.466 e. The molecule has 1 unspecified atom stereocenters. The molecule has 9 atom stereocenters. The van der Waals surface area contributed by atoms with E-state index in [0.29, 0.717) is 37.4 Å². The number of Topliss-reactive ketones (excluding diaryl/α,β-unsaturated/α-hetero) is 1.